The number of aliphatic hydroxyl groups is 1. The van der Waals surface area contributed by atoms with Crippen molar-refractivity contribution >= 4 is 5.97 Å². The molecule has 20 heavy (non-hydrogen) atoms. The Balaban J connectivity index is 1.83. The molecule has 0 aliphatic heterocycles. The third-order valence-electron chi connectivity index (χ3n) is 5.03. The highest BCUT2D eigenvalue weighted by Crippen LogP contribution is 2.45. The Labute approximate surface area is 117 Å². The Hall–Kier alpha value is -1.33. The van der Waals surface area contributed by atoms with Crippen molar-refractivity contribution < 1.29 is 19.4 Å². The lowest BCUT2D eigenvalue weighted by Gasteiger charge is -2.45. The van der Waals surface area contributed by atoms with Gasteiger partial charge in [0.1, 0.15) is 5.76 Å². The second-order valence-corrected chi connectivity index (χ2v) is 6.13. The van der Waals surface area contributed by atoms with E-state index in [0.717, 1.165) is 19.3 Å². The predicted molar refractivity (Wildman–Crippen MR) is 72.5 cm³/mol. The van der Waals surface area contributed by atoms with Gasteiger partial charge in [0.2, 0.25) is 5.76 Å². The van der Waals surface area contributed by atoms with E-state index in [2.05, 4.69) is 0 Å². The molecular weight excluding hydrogens is 258 g/mol. The highest BCUT2D eigenvalue weighted by molar-refractivity contribution is 5.84. The molecule has 2 fully saturated rings. The number of aliphatic hydroxyl groups excluding tert-OH is 1. The normalized spacial score (nSPS) is 37.4. The van der Waals surface area contributed by atoms with Gasteiger partial charge in [-0.2, -0.15) is 0 Å². The average molecular weight is 279 g/mol. The van der Waals surface area contributed by atoms with Crippen LogP contribution in [0.2, 0.25) is 0 Å². The Kier molecular flexibility index (Phi) is 3.56. The summed E-state index contributed by atoms with van der Waals surface area (Å²) in [5.74, 6) is 0.120. The van der Waals surface area contributed by atoms with Crippen LogP contribution in [0.1, 0.15) is 54.3 Å². The van der Waals surface area contributed by atoms with Crippen molar-refractivity contribution in [3.63, 3.8) is 0 Å². The molecule has 0 bridgehead atoms. The van der Waals surface area contributed by atoms with Gasteiger partial charge in [0.05, 0.1) is 6.10 Å². The van der Waals surface area contributed by atoms with Crippen molar-refractivity contribution in [3.8, 4) is 0 Å². The second kappa shape index (κ2) is 5.22. The van der Waals surface area contributed by atoms with Crippen molar-refractivity contribution in [1.82, 2.24) is 0 Å². The molecule has 5 unspecified atom stereocenters. The molecule has 2 aliphatic carbocycles. The number of aromatic carboxylic acids is 1. The molecule has 0 saturated heterocycles. The largest absolute Gasteiger partial charge is 0.475 e. The molecule has 1 aromatic rings. The maximum absolute atomic E-state index is 10.9. The van der Waals surface area contributed by atoms with E-state index in [0.29, 0.717) is 17.6 Å². The van der Waals surface area contributed by atoms with Gasteiger partial charge in [0.15, 0.2) is 0 Å². The van der Waals surface area contributed by atoms with Crippen LogP contribution < -0.4 is 5.73 Å². The standard InChI is InChI=1S/C15H21NO4/c16-13-9-4-2-1-3-8(9)7-10(14(13)17)11-5-6-12(20-11)15(18)19/h5-6,8-10,13-14,17H,1-4,7,16H2,(H,18,19). The van der Waals surface area contributed by atoms with Gasteiger partial charge in [0, 0.05) is 12.0 Å². The molecule has 1 heterocycles. The van der Waals surface area contributed by atoms with E-state index in [1.54, 1.807) is 6.07 Å². The minimum absolute atomic E-state index is 0.0773. The smallest absolute Gasteiger partial charge is 0.371 e. The van der Waals surface area contributed by atoms with Gasteiger partial charge in [-0.25, -0.2) is 4.79 Å². The molecule has 2 saturated carbocycles. The third kappa shape index (κ3) is 2.25. The van der Waals surface area contributed by atoms with E-state index < -0.39 is 12.1 Å². The molecule has 5 atom stereocenters. The zero-order valence-electron chi connectivity index (χ0n) is 11.4. The predicted octanol–water partition coefficient (Wildman–Crippen LogP) is 1.96. The fraction of sp³-hybridized carbons (Fsp3) is 0.667. The second-order valence-electron chi connectivity index (χ2n) is 6.13. The van der Waals surface area contributed by atoms with E-state index in [1.165, 1.54) is 18.9 Å². The van der Waals surface area contributed by atoms with Crippen LogP contribution >= 0.6 is 0 Å². The van der Waals surface area contributed by atoms with E-state index in [4.69, 9.17) is 15.3 Å². The summed E-state index contributed by atoms with van der Waals surface area (Å²) < 4.78 is 5.37. The molecule has 5 nitrogen and oxygen atoms in total. The lowest BCUT2D eigenvalue weighted by atomic mass is 9.63. The van der Waals surface area contributed by atoms with Crippen LogP contribution in [0.5, 0.6) is 0 Å². The number of furan rings is 1. The fourth-order valence-corrected chi connectivity index (χ4v) is 3.97. The number of hydrogen-bond donors (Lipinski definition) is 3. The SMILES string of the molecule is NC1C(O)C(c2ccc(C(=O)O)o2)CC2CCCCC21. The van der Waals surface area contributed by atoms with Crippen molar-refractivity contribution in [3.05, 3.63) is 23.7 Å². The summed E-state index contributed by atoms with van der Waals surface area (Å²) in [6.45, 7) is 0. The van der Waals surface area contributed by atoms with Gasteiger partial charge in [-0.3, -0.25) is 0 Å². The molecule has 0 radical (unpaired) electrons. The fourth-order valence-electron chi connectivity index (χ4n) is 3.97. The maximum Gasteiger partial charge on any atom is 0.371 e. The molecular formula is C15H21NO4. The van der Waals surface area contributed by atoms with Gasteiger partial charge in [-0.05, 0) is 36.8 Å². The van der Waals surface area contributed by atoms with E-state index >= 15 is 0 Å². The Morgan fingerprint density at radius 3 is 2.75 bits per heavy atom. The molecule has 5 heteroatoms. The van der Waals surface area contributed by atoms with Crippen LogP contribution in [0.25, 0.3) is 0 Å². The molecule has 0 spiro atoms. The van der Waals surface area contributed by atoms with Crippen LogP contribution in [-0.4, -0.2) is 28.3 Å². The van der Waals surface area contributed by atoms with Crippen LogP contribution in [0.3, 0.4) is 0 Å². The topological polar surface area (TPSA) is 96.7 Å². The molecule has 2 aliphatic rings. The van der Waals surface area contributed by atoms with Gasteiger partial charge < -0.3 is 20.4 Å². The first-order valence-corrected chi connectivity index (χ1v) is 7.34. The van der Waals surface area contributed by atoms with Crippen LogP contribution in [-0.2, 0) is 0 Å². The van der Waals surface area contributed by atoms with Crippen LogP contribution in [0.4, 0.5) is 0 Å². The lowest BCUT2D eigenvalue weighted by Crippen LogP contribution is -2.52. The highest BCUT2D eigenvalue weighted by Gasteiger charge is 2.44. The summed E-state index contributed by atoms with van der Waals surface area (Å²) in [6.07, 6.45) is 4.84. The number of carboxylic acids is 1. The van der Waals surface area contributed by atoms with Crippen molar-refractivity contribution in [2.75, 3.05) is 0 Å². The summed E-state index contributed by atoms with van der Waals surface area (Å²) in [5, 5.41) is 19.4. The van der Waals surface area contributed by atoms with Crippen molar-refractivity contribution in [2.45, 2.75) is 50.2 Å². The number of rotatable bonds is 2. The Morgan fingerprint density at radius 1 is 1.30 bits per heavy atom. The number of carboxylic acid groups (broad SMARTS) is 1. The first-order valence-electron chi connectivity index (χ1n) is 7.34. The summed E-state index contributed by atoms with van der Waals surface area (Å²) >= 11 is 0. The first-order chi connectivity index (χ1) is 9.58. The number of fused-ring (bicyclic) bond motifs is 1. The maximum atomic E-state index is 10.9. The van der Waals surface area contributed by atoms with Gasteiger partial charge in [0.25, 0.3) is 0 Å². The van der Waals surface area contributed by atoms with E-state index in [1.807, 2.05) is 0 Å². The Morgan fingerprint density at radius 2 is 2.05 bits per heavy atom. The molecule has 1 aromatic heterocycles. The molecule has 3 rings (SSSR count). The Bertz CT molecular complexity index is 496. The van der Waals surface area contributed by atoms with Crippen LogP contribution in [0.15, 0.2) is 16.5 Å². The summed E-state index contributed by atoms with van der Waals surface area (Å²) in [6, 6.07) is 2.87. The lowest BCUT2D eigenvalue weighted by molar-refractivity contribution is 0.00154. The zero-order valence-corrected chi connectivity index (χ0v) is 11.4. The number of carbonyl (C=O) groups is 1. The van der Waals surface area contributed by atoms with E-state index in [9.17, 15) is 9.90 Å². The molecule has 110 valence electrons. The van der Waals surface area contributed by atoms with Gasteiger partial charge in [-0.15, -0.1) is 0 Å². The van der Waals surface area contributed by atoms with Gasteiger partial charge in [-0.1, -0.05) is 19.3 Å². The van der Waals surface area contributed by atoms with Crippen LogP contribution in [0, 0.1) is 11.8 Å². The van der Waals surface area contributed by atoms with Crippen molar-refractivity contribution in [1.29, 1.82) is 0 Å². The van der Waals surface area contributed by atoms with Crippen molar-refractivity contribution in [2.24, 2.45) is 17.6 Å². The monoisotopic (exact) mass is 279 g/mol. The highest BCUT2D eigenvalue weighted by atomic mass is 16.4. The minimum Gasteiger partial charge on any atom is -0.475 e. The molecule has 4 N–H and O–H groups in total. The zero-order chi connectivity index (χ0) is 14.3. The quantitative estimate of drug-likeness (QED) is 0.769. The summed E-state index contributed by atoms with van der Waals surface area (Å²) in [5.41, 5.74) is 6.22. The number of nitrogens with two attached hydrogens (primary N) is 1. The third-order valence-corrected chi connectivity index (χ3v) is 5.03. The first kappa shape index (κ1) is 13.6. The summed E-state index contributed by atoms with van der Waals surface area (Å²) in [7, 11) is 0. The average Bonchev–Trinajstić information content (AvgIpc) is 2.92. The minimum atomic E-state index is -1.08. The molecule has 0 amide bonds. The number of hydrogen-bond acceptors (Lipinski definition) is 4. The summed E-state index contributed by atoms with van der Waals surface area (Å²) in [4.78, 5) is 10.9. The van der Waals surface area contributed by atoms with Gasteiger partial charge >= 0.3 is 5.97 Å². The van der Waals surface area contributed by atoms with E-state index in [-0.39, 0.29) is 17.7 Å². The molecule has 0 aromatic carbocycles.